The Morgan fingerprint density at radius 2 is 1.80 bits per heavy atom. The zero-order valence-electron chi connectivity index (χ0n) is 14.4. The molecule has 1 aromatic rings. The number of hydrogen-bond donors (Lipinski definition) is 0. The van der Waals surface area contributed by atoms with Crippen LogP contribution in [0.25, 0.3) is 0 Å². The monoisotopic (exact) mass is 434 g/mol. The summed E-state index contributed by atoms with van der Waals surface area (Å²) in [6.45, 7) is 6.72. The van der Waals surface area contributed by atoms with Crippen LogP contribution in [0.1, 0.15) is 6.42 Å². The zero-order valence-corrected chi connectivity index (χ0v) is 17.0. The molecule has 0 aliphatic carbocycles. The van der Waals surface area contributed by atoms with Crippen LogP contribution < -0.4 is 4.90 Å². The predicted octanol–water partition coefficient (Wildman–Crippen LogP) is 4.20. The second-order valence-corrected chi connectivity index (χ2v) is 13.6. The number of ether oxygens (including phenoxy) is 1. The SMILES string of the molecule is C[Si](C)(C)CCOCN1C(=O)CCN(c2c(F)cc(Br)cc2F)C1=O. The third kappa shape index (κ3) is 5.08. The molecule has 0 spiro atoms. The molecular weight excluding hydrogens is 414 g/mol. The van der Waals surface area contributed by atoms with Crippen molar-refractivity contribution in [1.82, 2.24) is 4.90 Å². The van der Waals surface area contributed by atoms with Gasteiger partial charge >= 0.3 is 6.03 Å². The van der Waals surface area contributed by atoms with E-state index in [0.29, 0.717) is 6.61 Å². The molecule has 25 heavy (non-hydrogen) atoms. The van der Waals surface area contributed by atoms with E-state index < -0.39 is 37.3 Å². The summed E-state index contributed by atoms with van der Waals surface area (Å²) in [5, 5.41) is 0. The van der Waals surface area contributed by atoms with Gasteiger partial charge in [0.2, 0.25) is 5.91 Å². The van der Waals surface area contributed by atoms with Crippen LogP contribution in [0.5, 0.6) is 0 Å². The molecule has 0 unspecified atom stereocenters. The molecule has 1 aliphatic rings. The molecule has 2 rings (SSSR count). The van der Waals surface area contributed by atoms with Crippen molar-refractivity contribution < 1.29 is 23.1 Å². The Morgan fingerprint density at radius 1 is 1.20 bits per heavy atom. The Balaban J connectivity index is 2.11. The van der Waals surface area contributed by atoms with Gasteiger partial charge in [0, 0.05) is 32.1 Å². The van der Waals surface area contributed by atoms with E-state index in [2.05, 4.69) is 35.6 Å². The van der Waals surface area contributed by atoms with E-state index in [1.54, 1.807) is 0 Å². The molecule has 0 bridgehead atoms. The van der Waals surface area contributed by atoms with Gasteiger partial charge in [-0.2, -0.15) is 0 Å². The van der Waals surface area contributed by atoms with Crippen LogP contribution in [0, 0.1) is 11.6 Å². The number of halogens is 3. The number of urea groups is 1. The van der Waals surface area contributed by atoms with E-state index >= 15 is 0 Å². The van der Waals surface area contributed by atoms with Crippen molar-refractivity contribution in [1.29, 1.82) is 0 Å². The zero-order chi connectivity index (χ0) is 18.8. The second-order valence-electron chi connectivity index (χ2n) is 7.07. The number of nitrogens with zero attached hydrogens (tertiary/aromatic N) is 2. The van der Waals surface area contributed by atoms with Gasteiger partial charge in [-0.1, -0.05) is 35.6 Å². The number of anilines is 1. The van der Waals surface area contributed by atoms with E-state index in [1.165, 1.54) is 0 Å². The van der Waals surface area contributed by atoms with Crippen LogP contribution in [0.2, 0.25) is 25.7 Å². The van der Waals surface area contributed by atoms with Gasteiger partial charge in [0.1, 0.15) is 12.4 Å². The van der Waals surface area contributed by atoms with E-state index in [0.717, 1.165) is 28.0 Å². The van der Waals surface area contributed by atoms with Crippen molar-refractivity contribution in [2.75, 3.05) is 24.8 Å². The lowest BCUT2D eigenvalue weighted by atomic mass is 10.2. The number of imide groups is 1. The normalized spacial score (nSPS) is 15.9. The maximum absolute atomic E-state index is 14.1. The Hall–Kier alpha value is -1.32. The quantitative estimate of drug-likeness (QED) is 0.497. The van der Waals surface area contributed by atoms with Crippen LogP contribution in [-0.2, 0) is 9.53 Å². The first-order valence-electron chi connectivity index (χ1n) is 7.94. The summed E-state index contributed by atoms with van der Waals surface area (Å²) in [7, 11) is -1.29. The average Bonchev–Trinajstić information content (AvgIpc) is 2.46. The highest BCUT2D eigenvalue weighted by molar-refractivity contribution is 9.10. The molecule has 0 radical (unpaired) electrons. The number of hydrogen-bond acceptors (Lipinski definition) is 3. The predicted molar refractivity (Wildman–Crippen MR) is 97.2 cm³/mol. The Morgan fingerprint density at radius 3 is 2.36 bits per heavy atom. The van der Waals surface area contributed by atoms with Crippen molar-refractivity contribution >= 4 is 41.6 Å². The molecule has 9 heteroatoms. The minimum Gasteiger partial charge on any atom is -0.361 e. The highest BCUT2D eigenvalue weighted by Crippen LogP contribution is 2.30. The van der Waals surface area contributed by atoms with E-state index in [9.17, 15) is 18.4 Å². The molecule has 0 atom stereocenters. The fourth-order valence-electron chi connectivity index (χ4n) is 2.35. The summed E-state index contributed by atoms with van der Waals surface area (Å²) in [5.74, 6) is -2.14. The van der Waals surface area contributed by atoms with Crippen molar-refractivity contribution in [2.24, 2.45) is 0 Å². The summed E-state index contributed by atoms with van der Waals surface area (Å²) in [6.07, 6.45) is -0.0158. The lowest BCUT2D eigenvalue weighted by Gasteiger charge is -2.34. The molecule has 3 amide bonds. The lowest BCUT2D eigenvalue weighted by Crippen LogP contribution is -2.53. The standard InChI is InChI=1S/C16H21BrF2N2O3Si/c1-25(2,3)7-6-24-10-21-14(22)4-5-20(16(21)23)15-12(18)8-11(17)9-13(15)19/h8-9H,4-7,10H2,1-3H3. The fraction of sp³-hybridized carbons (Fsp3) is 0.500. The van der Waals surface area contributed by atoms with Crippen LogP contribution in [-0.4, -0.2) is 44.8 Å². The van der Waals surface area contributed by atoms with E-state index in [1.807, 2.05) is 0 Å². The summed E-state index contributed by atoms with van der Waals surface area (Å²) in [5.41, 5.74) is -0.451. The molecule has 138 valence electrons. The summed E-state index contributed by atoms with van der Waals surface area (Å²) in [4.78, 5) is 26.4. The summed E-state index contributed by atoms with van der Waals surface area (Å²) in [6, 6.07) is 2.28. The maximum atomic E-state index is 14.1. The van der Waals surface area contributed by atoms with Crippen LogP contribution in [0.3, 0.4) is 0 Å². The number of carbonyl (C=O) groups excluding carboxylic acids is 2. The first-order valence-corrected chi connectivity index (χ1v) is 12.4. The largest absolute Gasteiger partial charge is 0.361 e. The maximum Gasteiger partial charge on any atom is 0.333 e. The van der Waals surface area contributed by atoms with Gasteiger partial charge < -0.3 is 4.74 Å². The van der Waals surface area contributed by atoms with Gasteiger partial charge in [-0.15, -0.1) is 0 Å². The molecule has 0 N–H and O–H groups in total. The fourth-order valence-corrected chi connectivity index (χ4v) is 3.51. The molecule has 1 heterocycles. The van der Waals surface area contributed by atoms with Gasteiger partial charge in [-0.05, 0) is 18.2 Å². The molecule has 0 aromatic heterocycles. The highest BCUT2D eigenvalue weighted by atomic mass is 79.9. The number of carbonyl (C=O) groups is 2. The first-order chi connectivity index (χ1) is 11.6. The van der Waals surface area contributed by atoms with Crippen LogP contribution in [0.4, 0.5) is 19.3 Å². The number of amides is 3. The average molecular weight is 435 g/mol. The Bertz CT molecular complexity index is 659. The topological polar surface area (TPSA) is 49.9 Å². The molecule has 5 nitrogen and oxygen atoms in total. The lowest BCUT2D eigenvalue weighted by molar-refractivity contribution is -0.133. The van der Waals surface area contributed by atoms with Crippen molar-refractivity contribution in [3.05, 3.63) is 28.2 Å². The van der Waals surface area contributed by atoms with Gasteiger partial charge in [-0.3, -0.25) is 9.69 Å². The highest BCUT2D eigenvalue weighted by Gasteiger charge is 2.35. The third-order valence-electron chi connectivity index (χ3n) is 3.78. The summed E-state index contributed by atoms with van der Waals surface area (Å²) < 4.78 is 34.0. The van der Waals surface area contributed by atoms with Gasteiger partial charge in [0.15, 0.2) is 11.6 Å². The molecule has 0 saturated carbocycles. The summed E-state index contributed by atoms with van der Waals surface area (Å²) >= 11 is 3.00. The Labute approximate surface area is 155 Å². The van der Waals surface area contributed by atoms with E-state index in [4.69, 9.17) is 4.74 Å². The molecule has 1 fully saturated rings. The van der Waals surface area contributed by atoms with Gasteiger partial charge in [0.05, 0.1) is 0 Å². The smallest absolute Gasteiger partial charge is 0.333 e. The minimum atomic E-state index is -1.29. The van der Waals surface area contributed by atoms with E-state index in [-0.39, 0.29) is 24.2 Å². The van der Waals surface area contributed by atoms with Crippen molar-refractivity contribution in [3.63, 3.8) is 0 Å². The molecule has 1 aromatic carbocycles. The second kappa shape index (κ2) is 7.92. The van der Waals surface area contributed by atoms with Crippen LogP contribution in [0.15, 0.2) is 16.6 Å². The van der Waals surface area contributed by atoms with Crippen molar-refractivity contribution in [3.8, 4) is 0 Å². The number of benzene rings is 1. The molecule has 1 aliphatic heterocycles. The van der Waals surface area contributed by atoms with Gasteiger partial charge in [0.25, 0.3) is 0 Å². The van der Waals surface area contributed by atoms with Crippen molar-refractivity contribution in [2.45, 2.75) is 32.1 Å². The molecule has 1 saturated heterocycles. The minimum absolute atomic E-state index is 0.0158. The molecular formula is C16H21BrF2N2O3Si. The third-order valence-corrected chi connectivity index (χ3v) is 5.94. The van der Waals surface area contributed by atoms with Gasteiger partial charge in [-0.25, -0.2) is 18.5 Å². The first kappa shape index (κ1) is 20.0. The van der Waals surface area contributed by atoms with Crippen LogP contribution >= 0.6 is 15.9 Å². The Kier molecular flexibility index (Phi) is 6.34. The number of rotatable bonds is 6.